The number of benzene rings is 2. The molecule has 3 aromatic rings. The van der Waals surface area contributed by atoms with Gasteiger partial charge in [-0.3, -0.25) is 0 Å². The Kier molecular flexibility index (Phi) is 3.35. The maximum atomic E-state index is 12.1. The third-order valence-corrected chi connectivity index (χ3v) is 3.68. The number of fused-ring (bicyclic) bond motifs is 1. The highest BCUT2D eigenvalue weighted by Crippen LogP contribution is 2.26. The van der Waals surface area contributed by atoms with E-state index in [2.05, 4.69) is 6.07 Å². The van der Waals surface area contributed by atoms with E-state index < -0.39 is 11.9 Å². The van der Waals surface area contributed by atoms with Crippen LogP contribution in [0.3, 0.4) is 0 Å². The van der Waals surface area contributed by atoms with Gasteiger partial charge in [0.2, 0.25) is 6.29 Å². The first-order valence-corrected chi connectivity index (χ1v) is 7.30. The van der Waals surface area contributed by atoms with Crippen LogP contribution in [0.2, 0.25) is 0 Å². The van der Waals surface area contributed by atoms with E-state index in [0.717, 1.165) is 10.9 Å². The van der Waals surface area contributed by atoms with Crippen LogP contribution >= 0.6 is 0 Å². The molecule has 2 heterocycles. The second-order valence-corrected chi connectivity index (χ2v) is 5.27. The molecule has 0 spiro atoms. The van der Waals surface area contributed by atoms with E-state index in [9.17, 15) is 4.79 Å². The van der Waals surface area contributed by atoms with Crippen LogP contribution in [0.15, 0.2) is 70.1 Å². The van der Waals surface area contributed by atoms with E-state index >= 15 is 0 Å². The molecule has 1 atom stereocenters. The number of rotatable bonds is 3. The van der Waals surface area contributed by atoms with Crippen LogP contribution in [0.5, 0.6) is 0 Å². The minimum atomic E-state index is -0.452. The van der Waals surface area contributed by atoms with Gasteiger partial charge in [0, 0.05) is 11.8 Å². The first-order chi connectivity index (χ1) is 11.3. The Morgan fingerprint density at radius 1 is 1.13 bits per heavy atom. The van der Waals surface area contributed by atoms with Crippen LogP contribution in [0, 0.1) is 6.07 Å². The smallest absolute Gasteiger partial charge is 0.347 e. The molecule has 0 amide bonds. The van der Waals surface area contributed by atoms with Gasteiger partial charge in [-0.05, 0) is 23.8 Å². The predicted octanol–water partition coefficient (Wildman–Crippen LogP) is 3.51. The summed E-state index contributed by atoms with van der Waals surface area (Å²) in [6, 6.07) is 19.8. The van der Waals surface area contributed by atoms with Crippen LogP contribution in [0.4, 0.5) is 0 Å². The van der Waals surface area contributed by atoms with Crippen molar-refractivity contribution in [2.24, 2.45) is 0 Å². The Labute approximate surface area is 132 Å². The van der Waals surface area contributed by atoms with Gasteiger partial charge in [-0.1, -0.05) is 42.5 Å². The van der Waals surface area contributed by atoms with Crippen molar-refractivity contribution >= 4 is 16.7 Å². The molecule has 4 nitrogen and oxygen atoms in total. The monoisotopic (exact) mass is 305 g/mol. The summed E-state index contributed by atoms with van der Waals surface area (Å²) >= 11 is 0. The number of hydrogen-bond acceptors (Lipinski definition) is 4. The lowest BCUT2D eigenvalue weighted by Gasteiger charge is -2.11. The predicted molar refractivity (Wildman–Crippen MR) is 85.4 cm³/mol. The lowest BCUT2D eigenvalue weighted by molar-refractivity contribution is -0.0137. The van der Waals surface area contributed by atoms with Crippen molar-refractivity contribution in [3.63, 3.8) is 0 Å². The molecule has 1 unspecified atom stereocenters. The third kappa shape index (κ3) is 2.71. The fraction of sp³-hybridized carbons (Fsp3) is 0.105. The molecule has 113 valence electrons. The summed E-state index contributed by atoms with van der Waals surface area (Å²) in [5.74, 6) is 0.398. The molecule has 2 aromatic carbocycles. The molecule has 1 aliphatic heterocycles. The molecule has 23 heavy (non-hydrogen) atoms. The first kappa shape index (κ1) is 13.6. The third-order valence-electron chi connectivity index (χ3n) is 3.68. The summed E-state index contributed by atoms with van der Waals surface area (Å²) in [5, 5.41) is 0.814. The topological polar surface area (TPSA) is 48.7 Å². The van der Waals surface area contributed by atoms with E-state index in [0.29, 0.717) is 23.3 Å². The lowest BCUT2D eigenvalue weighted by Crippen LogP contribution is -2.13. The highest BCUT2D eigenvalue weighted by atomic mass is 16.7. The van der Waals surface area contributed by atoms with Crippen molar-refractivity contribution in [2.45, 2.75) is 12.7 Å². The number of hydrogen-bond donors (Lipinski definition) is 0. The van der Waals surface area contributed by atoms with Crippen LogP contribution < -0.4 is 5.63 Å². The molecular weight excluding hydrogens is 292 g/mol. The van der Waals surface area contributed by atoms with E-state index in [1.807, 2.05) is 36.4 Å². The van der Waals surface area contributed by atoms with E-state index in [-0.39, 0.29) is 0 Å². The molecule has 0 saturated carbocycles. The summed E-state index contributed by atoms with van der Waals surface area (Å²) in [5.41, 5.74) is 1.52. The van der Waals surface area contributed by atoms with Gasteiger partial charge >= 0.3 is 5.63 Å². The van der Waals surface area contributed by atoms with Gasteiger partial charge in [-0.25, -0.2) is 4.79 Å². The minimum absolute atomic E-state index is 0.360. The van der Waals surface area contributed by atoms with Crippen LogP contribution in [0.25, 0.3) is 16.7 Å². The minimum Gasteiger partial charge on any atom is -0.458 e. The van der Waals surface area contributed by atoms with Crippen LogP contribution in [-0.4, -0.2) is 6.29 Å². The second-order valence-electron chi connectivity index (χ2n) is 5.27. The molecule has 0 aliphatic carbocycles. The highest BCUT2D eigenvalue weighted by Gasteiger charge is 2.23. The summed E-state index contributed by atoms with van der Waals surface area (Å²) in [4.78, 5) is 12.1. The van der Waals surface area contributed by atoms with Gasteiger partial charge in [0.05, 0.1) is 0 Å². The Balaban J connectivity index is 1.58. The summed E-state index contributed by atoms with van der Waals surface area (Å²) < 4.78 is 16.6. The number of ether oxygens (including phenoxy) is 2. The van der Waals surface area contributed by atoms with Crippen molar-refractivity contribution in [2.75, 3.05) is 0 Å². The van der Waals surface area contributed by atoms with Gasteiger partial charge in [0.1, 0.15) is 17.4 Å². The zero-order valence-corrected chi connectivity index (χ0v) is 12.2. The van der Waals surface area contributed by atoms with E-state index in [4.69, 9.17) is 13.9 Å². The Hall–Kier alpha value is -3.01. The first-order valence-electron chi connectivity index (χ1n) is 7.30. The lowest BCUT2D eigenvalue weighted by atomic mass is 10.1. The van der Waals surface area contributed by atoms with Crippen molar-refractivity contribution in [1.29, 1.82) is 0 Å². The zero-order valence-electron chi connectivity index (χ0n) is 12.2. The van der Waals surface area contributed by atoms with Gasteiger partial charge in [-0.15, -0.1) is 0 Å². The van der Waals surface area contributed by atoms with Gasteiger partial charge < -0.3 is 13.9 Å². The van der Waals surface area contributed by atoms with E-state index in [1.54, 1.807) is 18.2 Å². The van der Waals surface area contributed by atoms with Crippen molar-refractivity contribution in [3.8, 4) is 0 Å². The zero-order chi connectivity index (χ0) is 15.6. The average Bonchev–Trinajstić information content (AvgIpc) is 3.03. The second kappa shape index (κ2) is 5.65. The molecule has 4 rings (SSSR count). The maximum Gasteiger partial charge on any atom is 0.347 e. The molecular formula is C19H13O4. The van der Waals surface area contributed by atoms with Crippen LogP contribution in [0.1, 0.15) is 11.1 Å². The van der Waals surface area contributed by atoms with Gasteiger partial charge in [0.25, 0.3) is 0 Å². The quantitative estimate of drug-likeness (QED) is 0.695. The fourth-order valence-corrected chi connectivity index (χ4v) is 2.53. The molecule has 0 fully saturated rings. The molecule has 0 bridgehead atoms. The molecule has 1 radical (unpaired) electrons. The van der Waals surface area contributed by atoms with Crippen molar-refractivity contribution < 1.29 is 13.9 Å². The Bertz CT molecular complexity index is 925. The normalized spacial score (nSPS) is 16.7. The Morgan fingerprint density at radius 3 is 2.87 bits per heavy atom. The van der Waals surface area contributed by atoms with Crippen molar-refractivity contribution in [1.82, 2.24) is 0 Å². The molecule has 4 heteroatoms. The van der Waals surface area contributed by atoms with Gasteiger partial charge in [0.15, 0.2) is 5.76 Å². The summed E-state index contributed by atoms with van der Waals surface area (Å²) in [7, 11) is 0. The highest BCUT2D eigenvalue weighted by molar-refractivity contribution is 5.79. The average molecular weight is 305 g/mol. The summed E-state index contributed by atoms with van der Waals surface area (Å²) in [6.45, 7) is 0. The SMILES string of the molecule is O=c1oc2c[c]ccc2cc1C1=COC(Cc2ccccc2)O1. The molecule has 0 saturated heterocycles. The maximum absolute atomic E-state index is 12.1. The molecule has 0 N–H and O–H groups in total. The molecule has 1 aliphatic rings. The summed E-state index contributed by atoms with van der Waals surface area (Å²) in [6.07, 6.45) is 1.64. The van der Waals surface area contributed by atoms with Crippen LogP contribution in [-0.2, 0) is 15.9 Å². The van der Waals surface area contributed by atoms with Crippen molar-refractivity contribution in [3.05, 3.63) is 88.5 Å². The fourth-order valence-electron chi connectivity index (χ4n) is 2.53. The van der Waals surface area contributed by atoms with E-state index in [1.165, 1.54) is 6.26 Å². The molecule has 1 aromatic heterocycles. The standard InChI is InChI=1S/C19H13O4/c20-19-15(11-14-8-4-5-9-16(14)23-19)17-12-21-18(22-17)10-13-6-2-1-3-7-13/h1-4,6-9,11-12,18H,10H2. The Morgan fingerprint density at radius 2 is 2.00 bits per heavy atom. The van der Waals surface area contributed by atoms with Gasteiger partial charge in [-0.2, -0.15) is 0 Å². The largest absolute Gasteiger partial charge is 0.458 e.